The number of hydrogen-bond donors (Lipinski definition) is 2. The van der Waals surface area contributed by atoms with Crippen LogP contribution < -0.4 is 10.6 Å². The molecule has 1 aliphatic heterocycles. The van der Waals surface area contributed by atoms with Gasteiger partial charge in [0.25, 0.3) is 0 Å². The molecular formula is C23H39N5O2S. The summed E-state index contributed by atoms with van der Waals surface area (Å²) < 4.78 is 5.58. The predicted octanol–water partition coefficient (Wildman–Crippen LogP) is 2.63. The molecule has 2 fully saturated rings. The maximum atomic E-state index is 12.2. The summed E-state index contributed by atoms with van der Waals surface area (Å²) >= 11 is 1.86. The molecule has 8 heteroatoms. The average molecular weight is 450 g/mol. The van der Waals surface area contributed by atoms with E-state index >= 15 is 0 Å². The van der Waals surface area contributed by atoms with Crippen LogP contribution in [-0.2, 0) is 9.53 Å². The van der Waals surface area contributed by atoms with E-state index in [-0.39, 0.29) is 18.5 Å². The number of thiophene rings is 1. The number of aryl methyl sites for hydroxylation is 1. The molecule has 1 aromatic heterocycles. The van der Waals surface area contributed by atoms with Gasteiger partial charge in [-0.05, 0) is 37.8 Å². The number of amides is 1. The number of guanidine groups is 1. The highest BCUT2D eigenvalue weighted by Crippen LogP contribution is 2.28. The van der Waals surface area contributed by atoms with Gasteiger partial charge in [0, 0.05) is 49.5 Å². The van der Waals surface area contributed by atoms with Crippen molar-refractivity contribution in [1.82, 2.24) is 20.4 Å². The zero-order valence-electron chi connectivity index (χ0n) is 19.5. The third-order valence-corrected chi connectivity index (χ3v) is 7.45. The first kappa shape index (κ1) is 24.0. The maximum absolute atomic E-state index is 12.2. The van der Waals surface area contributed by atoms with Gasteiger partial charge in [0.2, 0.25) is 5.91 Å². The lowest BCUT2D eigenvalue weighted by Crippen LogP contribution is -2.50. The van der Waals surface area contributed by atoms with Crippen molar-refractivity contribution in [3.8, 4) is 0 Å². The van der Waals surface area contributed by atoms with E-state index in [2.05, 4.69) is 46.5 Å². The van der Waals surface area contributed by atoms with Gasteiger partial charge in [0.15, 0.2) is 5.96 Å². The number of aliphatic imine (C=N–C) groups is 1. The van der Waals surface area contributed by atoms with Gasteiger partial charge in [-0.3, -0.25) is 9.69 Å². The van der Waals surface area contributed by atoms with Crippen LogP contribution in [0.5, 0.6) is 0 Å². The second kappa shape index (κ2) is 11.8. The highest BCUT2D eigenvalue weighted by atomic mass is 32.1. The van der Waals surface area contributed by atoms with E-state index in [1.807, 2.05) is 11.3 Å². The second-order valence-electron chi connectivity index (χ2n) is 8.96. The first-order valence-electron chi connectivity index (χ1n) is 11.6. The fourth-order valence-electron chi connectivity index (χ4n) is 4.27. The molecule has 2 heterocycles. The fraction of sp³-hybridized carbons (Fsp3) is 0.739. The molecule has 31 heavy (non-hydrogen) atoms. The first-order valence-corrected chi connectivity index (χ1v) is 12.4. The van der Waals surface area contributed by atoms with Crippen LogP contribution in [0.3, 0.4) is 0 Å². The van der Waals surface area contributed by atoms with Crippen molar-refractivity contribution in [2.24, 2.45) is 10.9 Å². The van der Waals surface area contributed by atoms with E-state index in [1.54, 1.807) is 19.0 Å². The molecule has 7 nitrogen and oxygen atoms in total. The number of rotatable bonds is 7. The Morgan fingerprint density at radius 1 is 1.29 bits per heavy atom. The first-order chi connectivity index (χ1) is 14.9. The molecule has 174 valence electrons. The van der Waals surface area contributed by atoms with E-state index < -0.39 is 0 Å². The van der Waals surface area contributed by atoms with Crippen molar-refractivity contribution >= 4 is 23.2 Å². The molecule has 0 bridgehead atoms. The summed E-state index contributed by atoms with van der Waals surface area (Å²) in [7, 11) is 3.55. The molecular weight excluding hydrogens is 410 g/mol. The highest BCUT2D eigenvalue weighted by molar-refractivity contribution is 7.12. The van der Waals surface area contributed by atoms with E-state index in [0.29, 0.717) is 12.0 Å². The van der Waals surface area contributed by atoms with Gasteiger partial charge in [-0.1, -0.05) is 19.8 Å². The van der Waals surface area contributed by atoms with Gasteiger partial charge in [0.1, 0.15) is 6.54 Å². The average Bonchev–Trinajstić information content (AvgIpc) is 3.19. The Morgan fingerprint density at radius 2 is 2.03 bits per heavy atom. The van der Waals surface area contributed by atoms with Gasteiger partial charge in [-0.25, -0.2) is 4.99 Å². The molecule has 2 N–H and O–H groups in total. The van der Waals surface area contributed by atoms with Crippen LogP contribution in [0.4, 0.5) is 0 Å². The van der Waals surface area contributed by atoms with Crippen molar-refractivity contribution in [3.63, 3.8) is 0 Å². The molecule has 1 aromatic rings. The van der Waals surface area contributed by atoms with Crippen molar-refractivity contribution in [2.75, 3.05) is 53.5 Å². The topological polar surface area (TPSA) is 69.2 Å². The molecule has 0 radical (unpaired) electrons. The largest absolute Gasteiger partial charge is 0.379 e. The second-order valence-corrected chi connectivity index (χ2v) is 10.3. The van der Waals surface area contributed by atoms with Crippen LogP contribution in [-0.4, -0.2) is 81.2 Å². The van der Waals surface area contributed by atoms with Crippen LogP contribution in [0.15, 0.2) is 17.1 Å². The van der Waals surface area contributed by atoms with Crippen molar-refractivity contribution in [3.05, 3.63) is 21.9 Å². The third-order valence-electron chi connectivity index (χ3n) is 6.34. The van der Waals surface area contributed by atoms with Crippen LogP contribution in [0.2, 0.25) is 0 Å². The van der Waals surface area contributed by atoms with E-state index in [4.69, 9.17) is 4.74 Å². The molecule has 1 aliphatic carbocycles. The number of likely N-dealkylation sites (N-methyl/N-ethyl adjacent to an activating group) is 1. The van der Waals surface area contributed by atoms with Crippen LogP contribution >= 0.6 is 11.3 Å². The smallest absolute Gasteiger partial charge is 0.243 e. The maximum Gasteiger partial charge on any atom is 0.243 e. The number of hydrogen-bond acceptors (Lipinski definition) is 5. The summed E-state index contributed by atoms with van der Waals surface area (Å²) in [5.74, 6) is 1.37. The van der Waals surface area contributed by atoms with Crippen LogP contribution in [0.25, 0.3) is 0 Å². The molecule has 3 rings (SSSR count). The van der Waals surface area contributed by atoms with Crippen molar-refractivity contribution in [1.29, 1.82) is 0 Å². The SMILES string of the molecule is Cc1ccc(C(CNC(=NCC(=O)N(C)C)NC2CCCCC2C)N2CCOCC2)s1. The Kier molecular flexibility index (Phi) is 9.16. The summed E-state index contributed by atoms with van der Waals surface area (Å²) in [5.41, 5.74) is 0. The Bertz CT molecular complexity index is 729. The summed E-state index contributed by atoms with van der Waals surface area (Å²) in [4.78, 5) is 23.6. The minimum absolute atomic E-state index is 0.0106. The minimum atomic E-state index is 0.0106. The number of ether oxygens (including phenoxy) is 1. The van der Waals surface area contributed by atoms with Gasteiger partial charge in [0.05, 0.1) is 19.3 Å². The monoisotopic (exact) mass is 449 g/mol. The molecule has 3 atom stereocenters. The van der Waals surface area contributed by atoms with Gasteiger partial charge >= 0.3 is 0 Å². The summed E-state index contributed by atoms with van der Waals surface area (Å²) in [6.45, 7) is 8.79. The number of nitrogens with one attached hydrogen (secondary N) is 2. The number of carbonyl (C=O) groups excluding carboxylic acids is 1. The van der Waals surface area contributed by atoms with E-state index in [0.717, 1.165) is 45.2 Å². The van der Waals surface area contributed by atoms with Crippen molar-refractivity contribution < 1.29 is 9.53 Å². The molecule has 3 unspecified atom stereocenters. The quantitative estimate of drug-likeness (QED) is 0.495. The van der Waals surface area contributed by atoms with Crippen LogP contribution in [0.1, 0.15) is 48.4 Å². The van der Waals surface area contributed by atoms with Gasteiger partial charge < -0.3 is 20.3 Å². The summed E-state index contributed by atoms with van der Waals surface area (Å²) in [6.07, 6.45) is 4.94. The lowest BCUT2D eigenvalue weighted by molar-refractivity contribution is -0.127. The molecule has 0 aromatic carbocycles. The van der Waals surface area contributed by atoms with Gasteiger partial charge in [-0.15, -0.1) is 11.3 Å². The Hall–Kier alpha value is -1.64. The molecule has 2 aliphatic rings. The standard InChI is InChI=1S/C23H39N5O2S/c1-17-7-5-6-8-19(17)26-23(25-16-22(29)27(3)4)24-15-20(21-10-9-18(2)31-21)28-11-13-30-14-12-28/h9-10,17,19-20H,5-8,11-16H2,1-4H3,(H2,24,25,26). The zero-order valence-corrected chi connectivity index (χ0v) is 20.3. The molecule has 1 saturated carbocycles. The van der Waals surface area contributed by atoms with Crippen molar-refractivity contribution in [2.45, 2.75) is 51.6 Å². The fourth-order valence-corrected chi connectivity index (χ4v) is 5.28. The summed E-state index contributed by atoms with van der Waals surface area (Å²) in [5, 5.41) is 7.22. The molecule has 0 spiro atoms. The summed E-state index contributed by atoms with van der Waals surface area (Å²) in [6, 6.07) is 5.11. The number of morpholine rings is 1. The third kappa shape index (κ3) is 7.19. The molecule has 1 amide bonds. The highest BCUT2D eigenvalue weighted by Gasteiger charge is 2.26. The minimum Gasteiger partial charge on any atom is -0.379 e. The zero-order chi connectivity index (χ0) is 22.2. The molecule has 1 saturated heterocycles. The Labute approximate surface area is 191 Å². The lowest BCUT2D eigenvalue weighted by Gasteiger charge is -2.35. The predicted molar refractivity (Wildman–Crippen MR) is 128 cm³/mol. The van der Waals surface area contributed by atoms with E-state index in [1.165, 1.54) is 29.0 Å². The Balaban J connectivity index is 1.71. The van der Waals surface area contributed by atoms with Crippen LogP contribution in [0, 0.1) is 12.8 Å². The van der Waals surface area contributed by atoms with Gasteiger partial charge in [-0.2, -0.15) is 0 Å². The number of nitrogens with zero attached hydrogens (tertiary/aromatic N) is 3. The number of carbonyl (C=O) groups is 1. The lowest BCUT2D eigenvalue weighted by atomic mass is 9.86. The Morgan fingerprint density at radius 3 is 2.68 bits per heavy atom. The normalized spacial score (nSPS) is 23.9. The van der Waals surface area contributed by atoms with E-state index in [9.17, 15) is 4.79 Å².